The van der Waals surface area contributed by atoms with Crippen LogP contribution in [0.25, 0.3) is 0 Å². The molecular weight excluding hydrogens is 909 g/mol. The van der Waals surface area contributed by atoms with Gasteiger partial charge in [0, 0.05) is 37.7 Å². The van der Waals surface area contributed by atoms with Crippen LogP contribution >= 0.6 is 0 Å². The maximum absolute atomic E-state index is 12.6. The minimum atomic E-state index is -1.69. The van der Waals surface area contributed by atoms with E-state index in [0.717, 1.165) is 37.7 Å². The number of carbonyl (C=O) groups excluding carboxylic acids is 2. The first-order valence-corrected chi connectivity index (χ1v) is 25.3. The highest BCUT2D eigenvalue weighted by atomic mass is 16.8. The molecule has 0 aromatic carbocycles. The SMILES string of the molecule is CC(=O)O[C@H]1C[C@H](O[C@H]2[C@@H](O)C[C@H](O[C@H]3[C@@H](O)C[C@H](O[C@H]4CCC5(C)[C@H](CC[C@@H]6[C@@H]5C[C@@H](O)[C@]5(C)[C@@H](C7=CC(=O)OC7)CCC65O)C4)O[C@@H]3C)O[C@@H]2C)O[C@H](C)[C@H]1O[C@@H]1O[C@H](CO)[C@@H](O)[C@H](O)[C@H]1O. The Labute approximate surface area is 402 Å². The summed E-state index contributed by atoms with van der Waals surface area (Å²) in [6, 6.07) is 0. The summed E-state index contributed by atoms with van der Waals surface area (Å²) in [5.74, 6) is -0.580. The molecule has 20 heteroatoms. The Hall–Kier alpha value is -1.96. The molecule has 0 spiro atoms. The molecule has 9 aliphatic rings. The highest BCUT2D eigenvalue weighted by Crippen LogP contribution is 2.70. The van der Waals surface area contributed by atoms with Crippen LogP contribution in [-0.2, 0) is 57.0 Å². The zero-order valence-electron chi connectivity index (χ0n) is 40.5. The van der Waals surface area contributed by atoms with Crippen LogP contribution in [0.2, 0.25) is 0 Å². The molecule has 9 rings (SSSR count). The predicted octanol–water partition coefficient (Wildman–Crippen LogP) is 0.613. The predicted molar refractivity (Wildman–Crippen MR) is 235 cm³/mol. The lowest BCUT2D eigenvalue weighted by molar-refractivity contribution is -0.355. The van der Waals surface area contributed by atoms with E-state index in [9.17, 15) is 50.4 Å². The van der Waals surface area contributed by atoms with Gasteiger partial charge in [0.1, 0.15) is 55.4 Å². The molecule has 0 aromatic heterocycles. The van der Waals surface area contributed by atoms with Crippen LogP contribution in [-0.4, -0.2) is 188 Å². The van der Waals surface area contributed by atoms with Crippen molar-refractivity contribution >= 4 is 11.9 Å². The maximum atomic E-state index is 12.6. The fourth-order valence-corrected chi connectivity index (χ4v) is 14.6. The van der Waals surface area contributed by atoms with Crippen molar-refractivity contribution in [3.63, 3.8) is 0 Å². The van der Waals surface area contributed by atoms with Gasteiger partial charge in [0.15, 0.2) is 25.2 Å². The second-order valence-electron chi connectivity index (χ2n) is 22.2. The Balaban J connectivity index is 0.752. The van der Waals surface area contributed by atoms with Gasteiger partial charge in [0.25, 0.3) is 0 Å². The first-order chi connectivity index (χ1) is 32.6. The minimum Gasteiger partial charge on any atom is -0.459 e. The van der Waals surface area contributed by atoms with E-state index >= 15 is 0 Å². The Morgan fingerprint density at radius 2 is 1.33 bits per heavy atom. The number of rotatable bonds is 11. The number of ether oxygens (including phenoxy) is 10. The molecule has 26 atom stereocenters. The van der Waals surface area contributed by atoms with Gasteiger partial charge in [-0.25, -0.2) is 4.79 Å². The summed E-state index contributed by atoms with van der Waals surface area (Å²) in [7, 11) is 0. The summed E-state index contributed by atoms with van der Waals surface area (Å²) in [5.41, 5.74) is -1.01. The highest BCUT2D eigenvalue weighted by molar-refractivity contribution is 5.85. The number of hydrogen-bond acceptors (Lipinski definition) is 20. The zero-order valence-corrected chi connectivity index (χ0v) is 40.5. The van der Waals surface area contributed by atoms with Crippen molar-refractivity contribution in [2.45, 2.75) is 234 Å². The third-order valence-corrected chi connectivity index (χ3v) is 18.4. The Bertz CT molecular complexity index is 1850. The Kier molecular flexibility index (Phi) is 15.1. The number of aliphatic hydroxyl groups is 8. The molecule has 0 bridgehead atoms. The smallest absolute Gasteiger partial charge is 0.331 e. The summed E-state index contributed by atoms with van der Waals surface area (Å²) >= 11 is 0. The standard InChI is InChI=1S/C49H76O20/c1-21-43(67-38-17-32(53)44(22(2)62-38)68-39-18-33(64-24(4)51)45(23(3)63-39)69-46-42(58)41(57)40(56)34(19-50)66-46)31(52)16-37(61-21)65-27-9-11-47(5)26(14-27)7-8-29-30(47)15-35(54)48(6)28(10-12-49(29,48)59)25-13-36(55)60-20-25/h13,21-23,26-35,37-46,50,52-54,56-59H,7-12,14-20H2,1-6H3/t21-,22-,23-,26-,27+,28-,29-,30+,31+,32+,33+,34-,35-,37+,38+,39+,40-,41+,42-,43-,44-,45-,46+,47?,48+,49?/m1/s1. The van der Waals surface area contributed by atoms with Crippen molar-refractivity contribution in [1.82, 2.24) is 0 Å². The number of esters is 2. The fourth-order valence-electron chi connectivity index (χ4n) is 14.6. The second-order valence-corrected chi connectivity index (χ2v) is 22.2. The van der Waals surface area contributed by atoms with E-state index in [1.165, 1.54) is 6.92 Å². The van der Waals surface area contributed by atoms with E-state index in [2.05, 4.69) is 6.92 Å². The van der Waals surface area contributed by atoms with Gasteiger partial charge >= 0.3 is 11.9 Å². The van der Waals surface area contributed by atoms with Gasteiger partial charge in [0.05, 0.1) is 54.9 Å². The van der Waals surface area contributed by atoms with Crippen LogP contribution in [0.15, 0.2) is 11.6 Å². The van der Waals surface area contributed by atoms with Crippen LogP contribution in [0.3, 0.4) is 0 Å². The van der Waals surface area contributed by atoms with E-state index in [0.29, 0.717) is 25.2 Å². The molecule has 4 saturated heterocycles. The lowest BCUT2D eigenvalue weighted by atomic mass is 9.42. The van der Waals surface area contributed by atoms with Crippen LogP contribution in [0.5, 0.6) is 0 Å². The third-order valence-electron chi connectivity index (χ3n) is 18.4. The first-order valence-electron chi connectivity index (χ1n) is 25.3. The molecule has 8 fully saturated rings. The van der Waals surface area contributed by atoms with Crippen LogP contribution in [0, 0.1) is 34.5 Å². The topological polar surface area (TPSA) is 288 Å². The van der Waals surface area contributed by atoms with E-state index in [4.69, 9.17) is 47.4 Å². The largest absolute Gasteiger partial charge is 0.459 e. The van der Waals surface area contributed by atoms with E-state index in [1.807, 2.05) is 6.92 Å². The second kappa shape index (κ2) is 20.0. The van der Waals surface area contributed by atoms with Gasteiger partial charge in [-0.05, 0) is 107 Å². The molecule has 4 aliphatic carbocycles. The average molecular weight is 985 g/mol. The van der Waals surface area contributed by atoms with Gasteiger partial charge in [-0.15, -0.1) is 0 Å². The normalized spacial score (nSPS) is 53.3. The first kappa shape index (κ1) is 51.9. The lowest BCUT2D eigenvalue weighted by Gasteiger charge is -2.65. The highest BCUT2D eigenvalue weighted by Gasteiger charge is 2.71. The molecule has 69 heavy (non-hydrogen) atoms. The molecule has 0 amide bonds. The van der Waals surface area contributed by atoms with E-state index in [-0.39, 0.29) is 61.1 Å². The summed E-state index contributed by atoms with van der Waals surface area (Å²) in [6.07, 6.45) is -11.1. The molecule has 0 radical (unpaired) electrons. The quantitative estimate of drug-likeness (QED) is 0.104. The van der Waals surface area contributed by atoms with Crippen molar-refractivity contribution in [1.29, 1.82) is 0 Å². The van der Waals surface area contributed by atoms with Crippen molar-refractivity contribution in [2.24, 2.45) is 34.5 Å². The lowest BCUT2D eigenvalue weighted by Crippen LogP contribution is -2.67. The monoisotopic (exact) mass is 984 g/mol. The third kappa shape index (κ3) is 9.48. The van der Waals surface area contributed by atoms with Crippen molar-refractivity contribution < 1.29 is 97.8 Å². The van der Waals surface area contributed by atoms with Crippen LogP contribution < -0.4 is 0 Å². The zero-order chi connectivity index (χ0) is 49.5. The molecule has 5 heterocycles. The Morgan fingerprint density at radius 3 is 1.93 bits per heavy atom. The van der Waals surface area contributed by atoms with E-state index < -0.39 is 134 Å². The van der Waals surface area contributed by atoms with Crippen molar-refractivity contribution in [2.75, 3.05) is 13.2 Å². The van der Waals surface area contributed by atoms with Gasteiger partial charge in [-0.3, -0.25) is 4.79 Å². The van der Waals surface area contributed by atoms with Crippen molar-refractivity contribution in [3.8, 4) is 0 Å². The molecule has 20 nitrogen and oxygen atoms in total. The van der Waals surface area contributed by atoms with Gasteiger partial charge in [-0.1, -0.05) is 13.8 Å². The summed E-state index contributed by atoms with van der Waals surface area (Å²) in [4.78, 5) is 24.2. The molecule has 2 unspecified atom stereocenters. The molecule has 392 valence electrons. The summed E-state index contributed by atoms with van der Waals surface area (Å²) in [5, 5.41) is 88.1. The van der Waals surface area contributed by atoms with Crippen LogP contribution in [0.1, 0.15) is 112 Å². The number of fused-ring (bicyclic) bond motifs is 5. The number of carbonyl (C=O) groups is 2. The van der Waals surface area contributed by atoms with Gasteiger partial charge in [-0.2, -0.15) is 0 Å². The van der Waals surface area contributed by atoms with Gasteiger partial charge < -0.3 is 88.2 Å². The molecule has 4 saturated carbocycles. The molecule has 5 aliphatic heterocycles. The van der Waals surface area contributed by atoms with Gasteiger partial charge in [0.2, 0.25) is 0 Å². The minimum absolute atomic E-state index is 0.00421. The fraction of sp³-hybridized carbons (Fsp3) is 0.918. The maximum Gasteiger partial charge on any atom is 0.331 e. The number of aliphatic hydroxyl groups excluding tert-OH is 7. The number of cyclic esters (lactones) is 1. The van der Waals surface area contributed by atoms with Crippen molar-refractivity contribution in [3.05, 3.63) is 11.6 Å². The Morgan fingerprint density at radius 1 is 0.710 bits per heavy atom. The molecular formula is C49H76O20. The number of hydrogen-bond donors (Lipinski definition) is 8. The average Bonchev–Trinajstić information content (AvgIpc) is 3.84. The summed E-state index contributed by atoms with van der Waals surface area (Å²) < 4.78 is 60.1. The summed E-state index contributed by atoms with van der Waals surface area (Å²) in [6.45, 7) is 10.3. The van der Waals surface area contributed by atoms with E-state index in [1.54, 1.807) is 26.8 Å². The van der Waals surface area contributed by atoms with Crippen LogP contribution in [0.4, 0.5) is 0 Å². The molecule has 0 aromatic rings. The molecule has 8 N–H and O–H groups in total.